The van der Waals surface area contributed by atoms with Crippen molar-refractivity contribution in [2.24, 2.45) is 0 Å². The second kappa shape index (κ2) is 8.19. The summed E-state index contributed by atoms with van der Waals surface area (Å²) in [5.74, 6) is 5.83. The Morgan fingerprint density at radius 1 is 0.852 bits per heavy atom. The molecule has 0 radical (unpaired) electrons. The van der Waals surface area contributed by atoms with Gasteiger partial charge in [-0.15, -0.1) is 0 Å². The molecule has 0 aliphatic rings. The molecule has 0 bridgehead atoms. The molecule has 1 N–H and O–H groups in total. The molecule has 5 heteroatoms. The number of nitrogens with zero attached hydrogens (tertiary/aromatic N) is 1. The number of rotatable bonds is 4. The average Bonchev–Trinajstić information content (AvgIpc) is 2.70. The van der Waals surface area contributed by atoms with Crippen molar-refractivity contribution in [1.82, 2.24) is 4.47 Å². The van der Waals surface area contributed by atoms with Crippen LogP contribution in [-0.4, -0.2) is 18.1 Å². The second-order valence-corrected chi connectivity index (χ2v) is 7.83. The van der Waals surface area contributed by atoms with Crippen molar-refractivity contribution in [3.05, 3.63) is 102 Å². The fourth-order valence-corrected chi connectivity index (χ4v) is 3.68. The first-order valence-electron chi connectivity index (χ1n) is 8.40. The van der Waals surface area contributed by atoms with Crippen molar-refractivity contribution in [2.75, 3.05) is 0 Å². The van der Waals surface area contributed by atoms with E-state index in [4.69, 9.17) is 0 Å². The third-order valence-electron chi connectivity index (χ3n) is 4.03. The molecule has 0 saturated carbocycles. The van der Waals surface area contributed by atoms with E-state index in [2.05, 4.69) is 11.8 Å². The van der Waals surface area contributed by atoms with Gasteiger partial charge in [0.25, 0.3) is 10.0 Å². The van der Waals surface area contributed by atoms with E-state index in [1.165, 1.54) is 12.1 Å². The van der Waals surface area contributed by atoms with Gasteiger partial charge < -0.3 is 0 Å². The summed E-state index contributed by atoms with van der Waals surface area (Å²) in [4.78, 5) is 0.0121. The molecule has 0 spiro atoms. The van der Waals surface area contributed by atoms with Crippen molar-refractivity contribution in [3.63, 3.8) is 0 Å². The topological polar surface area (TPSA) is 57.6 Å². The van der Waals surface area contributed by atoms with Crippen LogP contribution in [0.5, 0.6) is 0 Å². The number of sulfonamides is 1. The molecule has 3 aromatic carbocycles. The van der Waals surface area contributed by atoms with E-state index in [0.717, 1.165) is 11.1 Å². The van der Waals surface area contributed by atoms with Crippen LogP contribution in [0, 0.1) is 18.8 Å². The maximum atomic E-state index is 12.9. The summed E-state index contributed by atoms with van der Waals surface area (Å²) in [6, 6.07) is 23.4. The van der Waals surface area contributed by atoms with Crippen LogP contribution in [0.2, 0.25) is 0 Å². The Labute approximate surface area is 159 Å². The number of hydroxylamine groups is 1. The molecule has 0 aliphatic heterocycles. The van der Waals surface area contributed by atoms with Gasteiger partial charge >= 0.3 is 0 Å². The van der Waals surface area contributed by atoms with E-state index in [1.807, 2.05) is 43.3 Å². The van der Waals surface area contributed by atoms with Crippen molar-refractivity contribution >= 4 is 10.0 Å². The Kier molecular flexibility index (Phi) is 5.72. The third kappa shape index (κ3) is 4.44. The van der Waals surface area contributed by atoms with Gasteiger partial charge in [-0.25, -0.2) is 8.42 Å². The predicted molar refractivity (Wildman–Crippen MR) is 104 cm³/mol. The summed E-state index contributed by atoms with van der Waals surface area (Å²) in [6.45, 7) is 1.87. The lowest BCUT2D eigenvalue weighted by Crippen LogP contribution is -2.31. The summed E-state index contributed by atoms with van der Waals surface area (Å²) in [5.41, 5.74) is 2.25. The molecule has 3 aromatic rings. The Hall–Kier alpha value is -2.91. The van der Waals surface area contributed by atoms with Crippen molar-refractivity contribution in [2.45, 2.75) is 17.9 Å². The van der Waals surface area contributed by atoms with E-state index in [-0.39, 0.29) is 4.90 Å². The molecule has 0 aliphatic carbocycles. The highest BCUT2D eigenvalue weighted by atomic mass is 32.2. The molecule has 4 nitrogen and oxygen atoms in total. The maximum Gasteiger partial charge on any atom is 0.266 e. The maximum absolute atomic E-state index is 12.9. The van der Waals surface area contributed by atoms with Gasteiger partial charge in [-0.1, -0.05) is 82.5 Å². The van der Waals surface area contributed by atoms with Crippen LogP contribution in [0.4, 0.5) is 0 Å². The molecular formula is C22H19NO3S. The predicted octanol–water partition coefficient (Wildman–Crippen LogP) is 4.17. The summed E-state index contributed by atoms with van der Waals surface area (Å²) in [6.07, 6.45) is 0. The van der Waals surface area contributed by atoms with E-state index >= 15 is 0 Å². The van der Waals surface area contributed by atoms with Gasteiger partial charge in [0.1, 0.15) is 6.04 Å². The lowest BCUT2D eigenvalue weighted by atomic mass is 10.1. The standard InChI is InChI=1S/C22H19NO3S/c1-18-12-15-21(16-13-18)27(25,26)23(24)22(20-10-6-3-7-11-20)17-14-19-8-4-2-5-9-19/h2-13,15-16,22,24H,1H3. The molecule has 0 fully saturated rings. The molecule has 0 amide bonds. The number of benzene rings is 3. The summed E-state index contributed by atoms with van der Waals surface area (Å²) < 4.78 is 26.1. The number of hydrogen-bond acceptors (Lipinski definition) is 3. The highest BCUT2D eigenvalue weighted by Crippen LogP contribution is 2.25. The summed E-state index contributed by atoms with van der Waals surface area (Å²) in [5, 5.41) is 10.6. The molecule has 136 valence electrons. The van der Waals surface area contributed by atoms with Crippen LogP contribution >= 0.6 is 0 Å². The van der Waals surface area contributed by atoms with Gasteiger partial charge in [0, 0.05) is 5.56 Å². The number of aryl methyl sites for hydroxylation is 1. The van der Waals surface area contributed by atoms with Gasteiger partial charge in [0.2, 0.25) is 0 Å². The van der Waals surface area contributed by atoms with Gasteiger partial charge in [-0.3, -0.25) is 5.21 Å². The minimum Gasteiger partial charge on any atom is -0.298 e. The van der Waals surface area contributed by atoms with Gasteiger partial charge in [0.05, 0.1) is 4.90 Å². The van der Waals surface area contributed by atoms with Crippen LogP contribution in [0.15, 0.2) is 89.8 Å². The third-order valence-corrected chi connectivity index (χ3v) is 5.60. The van der Waals surface area contributed by atoms with Crippen LogP contribution in [0.1, 0.15) is 22.7 Å². The summed E-state index contributed by atoms with van der Waals surface area (Å²) in [7, 11) is -4.12. The molecule has 27 heavy (non-hydrogen) atoms. The van der Waals surface area contributed by atoms with Crippen LogP contribution < -0.4 is 0 Å². The average molecular weight is 377 g/mol. The Morgan fingerprint density at radius 3 is 2.00 bits per heavy atom. The smallest absolute Gasteiger partial charge is 0.266 e. The fraction of sp³-hybridized carbons (Fsp3) is 0.0909. The summed E-state index contributed by atoms with van der Waals surface area (Å²) >= 11 is 0. The van der Waals surface area contributed by atoms with Crippen LogP contribution in [-0.2, 0) is 10.0 Å². The van der Waals surface area contributed by atoms with Gasteiger partial charge in [0.15, 0.2) is 0 Å². The molecule has 1 atom stereocenters. The largest absolute Gasteiger partial charge is 0.298 e. The normalized spacial score (nSPS) is 12.3. The van der Waals surface area contributed by atoms with E-state index in [9.17, 15) is 13.6 Å². The Morgan fingerprint density at radius 2 is 1.41 bits per heavy atom. The van der Waals surface area contributed by atoms with Crippen molar-refractivity contribution in [3.8, 4) is 11.8 Å². The Balaban J connectivity index is 2.02. The molecule has 1 unspecified atom stereocenters. The lowest BCUT2D eigenvalue weighted by molar-refractivity contribution is -0.0185. The van der Waals surface area contributed by atoms with E-state index in [1.54, 1.807) is 36.4 Å². The molecule has 3 rings (SSSR count). The lowest BCUT2D eigenvalue weighted by Gasteiger charge is -2.22. The van der Waals surface area contributed by atoms with Crippen molar-refractivity contribution in [1.29, 1.82) is 0 Å². The molecule has 0 saturated heterocycles. The highest BCUT2D eigenvalue weighted by molar-refractivity contribution is 7.89. The first-order valence-corrected chi connectivity index (χ1v) is 9.84. The van der Waals surface area contributed by atoms with Crippen molar-refractivity contribution < 1.29 is 13.6 Å². The SMILES string of the molecule is Cc1ccc(S(=O)(=O)N(O)C(C#Cc2ccccc2)c2ccccc2)cc1. The zero-order chi connectivity index (χ0) is 19.3. The zero-order valence-corrected chi connectivity index (χ0v) is 15.6. The molecular weight excluding hydrogens is 358 g/mol. The zero-order valence-electron chi connectivity index (χ0n) is 14.8. The van der Waals surface area contributed by atoms with Crippen LogP contribution in [0.25, 0.3) is 0 Å². The first-order chi connectivity index (χ1) is 13.0. The second-order valence-electron chi connectivity index (χ2n) is 6.04. The monoisotopic (exact) mass is 377 g/mol. The van der Waals surface area contributed by atoms with Gasteiger partial charge in [-0.2, -0.15) is 0 Å². The van der Waals surface area contributed by atoms with E-state index < -0.39 is 16.1 Å². The quantitative estimate of drug-likeness (QED) is 0.548. The first kappa shape index (κ1) is 18.9. The molecule has 0 aromatic heterocycles. The number of hydrogen-bond donors (Lipinski definition) is 1. The van der Waals surface area contributed by atoms with Gasteiger partial charge in [-0.05, 0) is 36.8 Å². The molecule has 0 heterocycles. The fourth-order valence-electron chi connectivity index (χ4n) is 2.53. The minimum absolute atomic E-state index is 0.0121. The Bertz CT molecular complexity index is 1050. The highest BCUT2D eigenvalue weighted by Gasteiger charge is 2.30. The van der Waals surface area contributed by atoms with Crippen LogP contribution in [0.3, 0.4) is 0 Å². The minimum atomic E-state index is -4.12. The van der Waals surface area contributed by atoms with E-state index in [0.29, 0.717) is 10.0 Å².